The lowest BCUT2D eigenvalue weighted by Crippen LogP contribution is -2.41. The highest BCUT2D eigenvalue weighted by Gasteiger charge is 2.26. The summed E-state index contributed by atoms with van der Waals surface area (Å²) in [6, 6.07) is 4.80. The van der Waals surface area contributed by atoms with Crippen molar-refractivity contribution < 1.29 is 9.50 Å². The Morgan fingerprint density at radius 2 is 2.12 bits per heavy atom. The number of aromatic hydroxyl groups is 1. The summed E-state index contributed by atoms with van der Waals surface area (Å²) >= 11 is 0. The lowest BCUT2D eigenvalue weighted by Gasteiger charge is -2.35. The highest BCUT2D eigenvalue weighted by atomic mass is 19.1. The minimum Gasteiger partial charge on any atom is -0.508 e. The van der Waals surface area contributed by atoms with Crippen LogP contribution in [0.3, 0.4) is 0 Å². The largest absolute Gasteiger partial charge is 0.508 e. The van der Waals surface area contributed by atoms with Gasteiger partial charge in [-0.1, -0.05) is 13.0 Å². The van der Waals surface area contributed by atoms with Crippen LogP contribution in [-0.2, 0) is 0 Å². The third-order valence-corrected chi connectivity index (χ3v) is 3.32. The number of phenols is 1. The third kappa shape index (κ3) is 2.35. The number of halogens is 1. The van der Waals surface area contributed by atoms with Crippen molar-refractivity contribution in [1.29, 1.82) is 0 Å². The first-order valence-electron chi connectivity index (χ1n) is 5.80. The molecule has 2 N–H and O–H groups in total. The maximum atomic E-state index is 12.8. The molecule has 2 rings (SSSR count). The SMILES string of the molecule is CC1CC(NC(C)c2ccc(F)cc2O)C1. The van der Waals surface area contributed by atoms with Gasteiger partial charge in [-0.25, -0.2) is 4.39 Å². The fourth-order valence-corrected chi connectivity index (χ4v) is 2.36. The second-order valence-corrected chi connectivity index (χ2v) is 4.86. The van der Waals surface area contributed by atoms with Crippen molar-refractivity contribution in [2.24, 2.45) is 5.92 Å². The third-order valence-electron chi connectivity index (χ3n) is 3.32. The van der Waals surface area contributed by atoms with Gasteiger partial charge >= 0.3 is 0 Å². The number of hydrogen-bond donors (Lipinski definition) is 2. The normalized spacial score (nSPS) is 26.2. The van der Waals surface area contributed by atoms with Gasteiger partial charge in [0.15, 0.2) is 0 Å². The molecule has 1 saturated carbocycles. The summed E-state index contributed by atoms with van der Waals surface area (Å²) in [6.45, 7) is 4.23. The predicted molar refractivity (Wildman–Crippen MR) is 61.8 cm³/mol. The van der Waals surface area contributed by atoms with Crippen molar-refractivity contribution >= 4 is 0 Å². The van der Waals surface area contributed by atoms with Crippen LogP contribution in [0.15, 0.2) is 18.2 Å². The fourth-order valence-electron chi connectivity index (χ4n) is 2.36. The van der Waals surface area contributed by atoms with Crippen LogP contribution in [0.2, 0.25) is 0 Å². The molecule has 1 aliphatic rings. The Labute approximate surface area is 95.5 Å². The minimum absolute atomic E-state index is 0.0346. The van der Waals surface area contributed by atoms with Crippen LogP contribution in [0.4, 0.5) is 4.39 Å². The Morgan fingerprint density at radius 3 is 2.69 bits per heavy atom. The highest BCUT2D eigenvalue weighted by Crippen LogP contribution is 2.31. The topological polar surface area (TPSA) is 32.3 Å². The molecular weight excluding hydrogens is 205 g/mol. The van der Waals surface area contributed by atoms with Gasteiger partial charge in [-0.05, 0) is 31.7 Å². The summed E-state index contributed by atoms with van der Waals surface area (Å²) in [7, 11) is 0. The second kappa shape index (κ2) is 4.42. The van der Waals surface area contributed by atoms with Crippen LogP contribution >= 0.6 is 0 Å². The summed E-state index contributed by atoms with van der Waals surface area (Å²) in [5.74, 6) is 0.435. The van der Waals surface area contributed by atoms with E-state index in [1.807, 2.05) is 6.92 Å². The van der Waals surface area contributed by atoms with Gasteiger partial charge in [0, 0.05) is 23.7 Å². The van der Waals surface area contributed by atoms with E-state index in [-0.39, 0.29) is 11.8 Å². The van der Waals surface area contributed by atoms with Crippen LogP contribution in [0, 0.1) is 11.7 Å². The zero-order chi connectivity index (χ0) is 11.7. The van der Waals surface area contributed by atoms with Crippen LogP contribution in [-0.4, -0.2) is 11.1 Å². The van der Waals surface area contributed by atoms with E-state index in [0.29, 0.717) is 6.04 Å². The molecule has 0 aromatic heterocycles. The molecular formula is C13H18FNO. The van der Waals surface area contributed by atoms with Gasteiger partial charge in [0.1, 0.15) is 11.6 Å². The van der Waals surface area contributed by atoms with Gasteiger partial charge in [0.05, 0.1) is 0 Å². The summed E-state index contributed by atoms with van der Waals surface area (Å²) in [5, 5.41) is 13.1. The Morgan fingerprint density at radius 1 is 1.44 bits per heavy atom. The standard InChI is InChI=1S/C13H18FNO/c1-8-5-11(6-8)15-9(2)12-4-3-10(14)7-13(12)16/h3-4,7-9,11,15-16H,5-6H2,1-2H3. The van der Waals surface area contributed by atoms with Gasteiger partial charge in [-0.3, -0.25) is 0 Å². The second-order valence-electron chi connectivity index (χ2n) is 4.86. The monoisotopic (exact) mass is 223 g/mol. The van der Waals surface area contributed by atoms with E-state index >= 15 is 0 Å². The number of nitrogens with one attached hydrogen (secondary N) is 1. The van der Waals surface area contributed by atoms with Gasteiger partial charge in [-0.15, -0.1) is 0 Å². The van der Waals surface area contributed by atoms with E-state index in [1.54, 1.807) is 6.07 Å². The van der Waals surface area contributed by atoms with E-state index in [9.17, 15) is 9.50 Å². The maximum Gasteiger partial charge on any atom is 0.126 e. The van der Waals surface area contributed by atoms with Crippen LogP contribution in [0.5, 0.6) is 5.75 Å². The molecule has 88 valence electrons. The van der Waals surface area contributed by atoms with Crippen molar-refractivity contribution in [3.8, 4) is 5.75 Å². The lowest BCUT2D eigenvalue weighted by molar-refractivity contribution is 0.225. The molecule has 16 heavy (non-hydrogen) atoms. The quantitative estimate of drug-likeness (QED) is 0.825. The molecule has 0 aliphatic heterocycles. The molecule has 2 nitrogen and oxygen atoms in total. The average Bonchev–Trinajstić information content (AvgIpc) is 2.15. The average molecular weight is 223 g/mol. The van der Waals surface area contributed by atoms with E-state index in [2.05, 4.69) is 12.2 Å². The van der Waals surface area contributed by atoms with Crippen molar-refractivity contribution in [3.63, 3.8) is 0 Å². The molecule has 1 aromatic rings. The first-order valence-corrected chi connectivity index (χ1v) is 5.80. The van der Waals surface area contributed by atoms with Crippen molar-refractivity contribution in [1.82, 2.24) is 5.32 Å². The molecule has 1 aromatic carbocycles. The smallest absolute Gasteiger partial charge is 0.126 e. The number of hydrogen-bond acceptors (Lipinski definition) is 2. The predicted octanol–water partition coefficient (Wildman–Crippen LogP) is 2.98. The Balaban J connectivity index is 2.00. The molecule has 0 radical (unpaired) electrons. The molecule has 1 unspecified atom stereocenters. The summed E-state index contributed by atoms with van der Waals surface area (Å²) in [5.41, 5.74) is 0.765. The summed E-state index contributed by atoms with van der Waals surface area (Å²) in [6.07, 6.45) is 2.37. The van der Waals surface area contributed by atoms with Crippen molar-refractivity contribution in [3.05, 3.63) is 29.6 Å². The van der Waals surface area contributed by atoms with E-state index < -0.39 is 5.82 Å². The van der Waals surface area contributed by atoms with Gasteiger partial charge in [0.25, 0.3) is 0 Å². The first-order chi connectivity index (χ1) is 7.56. The van der Waals surface area contributed by atoms with E-state index in [0.717, 1.165) is 17.5 Å². The fraction of sp³-hybridized carbons (Fsp3) is 0.538. The van der Waals surface area contributed by atoms with Crippen LogP contribution in [0.25, 0.3) is 0 Å². The molecule has 0 bridgehead atoms. The molecule has 0 heterocycles. The maximum absolute atomic E-state index is 12.8. The molecule has 0 amide bonds. The molecule has 3 heteroatoms. The summed E-state index contributed by atoms with van der Waals surface area (Å²) in [4.78, 5) is 0. The first kappa shape index (κ1) is 11.4. The summed E-state index contributed by atoms with van der Waals surface area (Å²) < 4.78 is 12.8. The molecule has 0 saturated heterocycles. The van der Waals surface area contributed by atoms with Crippen LogP contribution in [0.1, 0.15) is 38.3 Å². The van der Waals surface area contributed by atoms with Crippen molar-refractivity contribution in [2.75, 3.05) is 0 Å². The van der Waals surface area contributed by atoms with Crippen molar-refractivity contribution in [2.45, 2.75) is 38.8 Å². The Bertz CT molecular complexity index is 374. The molecule has 1 aliphatic carbocycles. The zero-order valence-electron chi connectivity index (χ0n) is 9.70. The van der Waals surface area contributed by atoms with Crippen LogP contribution < -0.4 is 5.32 Å². The highest BCUT2D eigenvalue weighted by molar-refractivity contribution is 5.35. The lowest BCUT2D eigenvalue weighted by atomic mass is 9.81. The van der Waals surface area contributed by atoms with E-state index in [4.69, 9.17) is 0 Å². The zero-order valence-corrected chi connectivity index (χ0v) is 9.70. The minimum atomic E-state index is -0.397. The van der Waals surface area contributed by atoms with E-state index in [1.165, 1.54) is 18.9 Å². The van der Waals surface area contributed by atoms with Gasteiger partial charge in [0.2, 0.25) is 0 Å². The molecule has 1 fully saturated rings. The number of phenolic OH excluding ortho intramolecular Hbond substituents is 1. The Hall–Kier alpha value is -1.09. The number of rotatable bonds is 3. The Kier molecular flexibility index (Phi) is 3.15. The number of benzene rings is 1. The molecule has 0 spiro atoms. The molecule has 1 atom stereocenters. The van der Waals surface area contributed by atoms with Gasteiger partial charge < -0.3 is 10.4 Å². The van der Waals surface area contributed by atoms with Gasteiger partial charge in [-0.2, -0.15) is 0 Å².